The normalized spacial score (nSPS) is 10.8. The van der Waals surface area contributed by atoms with Crippen LogP contribution in [-0.2, 0) is 7.05 Å². The molecule has 3 rings (SSSR count). The van der Waals surface area contributed by atoms with Crippen molar-refractivity contribution in [1.29, 1.82) is 0 Å². The van der Waals surface area contributed by atoms with Crippen molar-refractivity contribution in [2.24, 2.45) is 7.05 Å². The van der Waals surface area contributed by atoms with Gasteiger partial charge in [0.15, 0.2) is 11.5 Å². The van der Waals surface area contributed by atoms with Crippen LogP contribution in [0.25, 0.3) is 11.0 Å². The molecule has 0 atom stereocenters. The van der Waals surface area contributed by atoms with Crippen molar-refractivity contribution in [2.75, 3.05) is 19.5 Å². The number of carbonyl (C=O) groups is 1. The monoisotopic (exact) mass is 343 g/mol. The Bertz CT molecular complexity index is 966. The van der Waals surface area contributed by atoms with Crippen LogP contribution in [0.5, 0.6) is 11.5 Å². The molecule has 0 unspecified atom stereocenters. The number of methoxy groups -OCH3 is 2. The van der Waals surface area contributed by atoms with Crippen molar-refractivity contribution in [2.45, 2.75) is 6.92 Å². The molecule has 0 spiro atoms. The van der Waals surface area contributed by atoms with Gasteiger partial charge in [0.1, 0.15) is 11.6 Å². The van der Waals surface area contributed by atoms with E-state index in [2.05, 4.69) is 10.3 Å². The number of imidazole rings is 1. The smallest absolute Gasteiger partial charge is 0.258 e. The standard InChI is InChI=1S/C18H18FN3O3/c1-10-20-14-7-11(5-6-15(14)22(10)2)21-18(23)12-8-16(24-3)17(25-4)9-13(12)19/h5-9H,1-4H3,(H,21,23). The molecule has 0 aliphatic heterocycles. The first-order chi connectivity index (χ1) is 11.9. The van der Waals surface area contributed by atoms with E-state index in [0.717, 1.165) is 22.9 Å². The van der Waals surface area contributed by atoms with E-state index >= 15 is 0 Å². The number of aromatic nitrogens is 2. The molecule has 7 heteroatoms. The van der Waals surface area contributed by atoms with E-state index in [1.807, 2.05) is 24.6 Å². The van der Waals surface area contributed by atoms with Gasteiger partial charge >= 0.3 is 0 Å². The van der Waals surface area contributed by atoms with Crippen molar-refractivity contribution in [3.8, 4) is 11.5 Å². The first kappa shape index (κ1) is 16.8. The number of hydrogen-bond acceptors (Lipinski definition) is 4. The number of nitrogens with one attached hydrogen (secondary N) is 1. The predicted octanol–water partition coefficient (Wildman–Crippen LogP) is 3.29. The number of anilines is 1. The molecule has 0 saturated heterocycles. The zero-order valence-corrected chi connectivity index (χ0v) is 14.4. The lowest BCUT2D eigenvalue weighted by Gasteiger charge is -2.11. The van der Waals surface area contributed by atoms with Gasteiger partial charge in [0.05, 0.1) is 30.8 Å². The molecule has 0 bridgehead atoms. The van der Waals surface area contributed by atoms with Gasteiger partial charge in [-0.25, -0.2) is 9.37 Å². The molecule has 1 aromatic heterocycles. The average Bonchev–Trinajstić information content (AvgIpc) is 2.88. The lowest BCUT2D eigenvalue weighted by Crippen LogP contribution is -2.14. The Morgan fingerprint density at radius 2 is 1.84 bits per heavy atom. The topological polar surface area (TPSA) is 65.4 Å². The average molecular weight is 343 g/mol. The Hall–Kier alpha value is -3.09. The second-order valence-corrected chi connectivity index (χ2v) is 5.56. The molecular formula is C18H18FN3O3. The fraction of sp³-hybridized carbons (Fsp3) is 0.222. The summed E-state index contributed by atoms with van der Waals surface area (Å²) in [5.74, 6) is 0.103. The molecule has 1 N–H and O–H groups in total. The van der Waals surface area contributed by atoms with E-state index in [-0.39, 0.29) is 17.1 Å². The van der Waals surface area contributed by atoms with E-state index in [9.17, 15) is 9.18 Å². The van der Waals surface area contributed by atoms with Crippen LogP contribution in [0, 0.1) is 12.7 Å². The Balaban J connectivity index is 1.92. The van der Waals surface area contributed by atoms with E-state index in [4.69, 9.17) is 9.47 Å². The number of amides is 1. The summed E-state index contributed by atoms with van der Waals surface area (Å²) in [5, 5.41) is 2.68. The second kappa shape index (κ2) is 6.43. The minimum atomic E-state index is -0.690. The maximum absolute atomic E-state index is 14.2. The molecule has 0 saturated carbocycles. The molecule has 0 aliphatic rings. The van der Waals surface area contributed by atoms with Crippen LogP contribution in [0.15, 0.2) is 30.3 Å². The number of carbonyl (C=O) groups excluding carboxylic acids is 1. The van der Waals surface area contributed by atoms with Gasteiger partial charge in [-0.1, -0.05) is 0 Å². The Labute approximate surface area is 144 Å². The van der Waals surface area contributed by atoms with E-state index in [0.29, 0.717) is 5.69 Å². The van der Waals surface area contributed by atoms with E-state index in [1.165, 1.54) is 20.3 Å². The summed E-state index contributed by atoms with van der Waals surface area (Å²) in [5.41, 5.74) is 2.11. The van der Waals surface area contributed by atoms with Crippen LogP contribution < -0.4 is 14.8 Å². The molecule has 3 aromatic rings. The summed E-state index contributed by atoms with van der Waals surface area (Å²) in [6.07, 6.45) is 0. The van der Waals surface area contributed by atoms with Gasteiger partial charge in [-0.05, 0) is 31.2 Å². The summed E-state index contributed by atoms with van der Waals surface area (Å²) < 4.78 is 26.3. The number of fused-ring (bicyclic) bond motifs is 1. The van der Waals surface area contributed by atoms with Crippen LogP contribution in [-0.4, -0.2) is 29.7 Å². The van der Waals surface area contributed by atoms with Gasteiger partial charge in [-0.15, -0.1) is 0 Å². The Kier molecular flexibility index (Phi) is 4.31. The zero-order valence-electron chi connectivity index (χ0n) is 14.4. The number of benzene rings is 2. The van der Waals surface area contributed by atoms with Gasteiger partial charge in [0.2, 0.25) is 0 Å². The molecule has 0 fully saturated rings. The third-order valence-electron chi connectivity index (χ3n) is 4.08. The summed E-state index contributed by atoms with van der Waals surface area (Å²) in [6, 6.07) is 7.79. The van der Waals surface area contributed by atoms with Crippen molar-refractivity contribution in [3.63, 3.8) is 0 Å². The third kappa shape index (κ3) is 3.00. The maximum Gasteiger partial charge on any atom is 0.258 e. The molecule has 6 nitrogen and oxygen atoms in total. The fourth-order valence-electron chi connectivity index (χ4n) is 2.62. The highest BCUT2D eigenvalue weighted by molar-refractivity contribution is 6.05. The number of hydrogen-bond donors (Lipinski definition) is 1. The predicted molar refractivity (Wildman–Crippen MR) is 92.9 cm³/mol. The fourth-order valence-corrected chi connectivity index (χ4v) is 2.62. The zero-order chi connectivity index (χ0) is 18.1. The number of aryl methyl sites for hydroxylation is 2. The number of rotatable bonds is 4. The lowest BCUT2D eigenvalue weighted by atomic mass is 10.1. The first-order valence-electron chi connectivity index (χ1n) is 7.60. The van der Waals surface area contributed by atoms with Crippen LogP contribution in [0.4, 0.5) is 10.1 Å². The summed E-state index contributed by atoms with van der Waals surface area (Å²) in [6.45, 7) is 1.90. The molecule has 1 amide bonds. The SMILES string of the molecule is COc1cc(F)c(C(=O)Nc2ccc3c(c2)nc(C)n3C)cc1OC. The van der Waals surface area contributed by atoms with Crippen LogP contribution in [0.2, 0.25) is 0 Å². The molecule has 0 radical (unpaired) electrons. The quantitative estimate of drug-likeness (QED) is 0.789. The Morgan fingerprint density at radius 1 is 1.16 bits per heavy atom. The summed E-state index contributed by atoms with van der Waals surface area (Å²) in [4.78, 5) is 16.9. The number of halogens is 1. The molecule has 1 heterocycles. The summed E-state index contributed by atoms with van der Waals surface area (Å²) >= 11 is 0. The van der Waals surface area contributed by atoms with Crippen molar-refractivity contribution in [3.05, 3.63) is 47.5 Å². The number of nitrogens with zero attached hydrogens (tertiary/aromatic N) is 2. The van der Waals surface area contributed by atoms with Crippen LogP contribution >= 0.6 is 0 Å². The second-order valence-electron chi connectivity index (χ2n) is 5.56. The first-order valence-corrected chi connectivity index (χ1v) is 7.60. The molecule has 2 aromatic carbocycles. The number of ether oxygens (including phenoxy) is 2. The molecule has 130 valence electrons. The molecule has 25 heavy (non-hydrogen) atoms. The van der Waals surface area contributed by atoms with Gasteiger partial charge < -0.3 is 19.4 Å². The lowest BCUT2D eigenvalue weighted by molar-refractivity contribution is 0.102. The Morgan fingerprint density at radius 3 is 2.52 bits per heavy atom. The maximum atomic E-state index is 14.2. The van der Waals surface area contributed by atoms with Crippen molar-refractivity contribution < 1.29 is 18.7 Å². The van der Waals surface area contributed by atoms with Crippen LogP contribution in [0.3, 0.4) is 0 Å². The van der Waals surface area contributed by atoms with Gasteiger partial charge in [0.25, 0.3) is 5.91 Å². The van der Waals surface area contributed by atoms with Crippen molar-refractivity contribution in [1.82, 2.24) is 9.55 Å². The van der Waals surface area contributed by atoms with Gasteiger partial charge in [0, 0.05) is 18.8 Å². The minimum Gasteiger partial charge on any atom is -0.493 e. The highest BCUT2D eigenvalue weighted by Gasteiger charge is 2.17. The largest absolute Gasteiger partial charge is 0.493 e. The highest BCUT2D eigenvalue weighted by atomic mass is 19.1. The van der Waals surface area contributed by atoms with Gasteiger partial charge in [-0.3, -0.25) is 4.79 Å². The van der Waals surface area contributed by atoms with Gasteiger partial charge in [-0.2, -0.15) is 0 Å². The summed E-state index contributed by atoms with van der Waals surface area (Å²) in [7, 11) is 4.75. The van der Waals surface area contributed by atoms with Crippen molar-refractivity contribution >= 4 is 22.6 Å². The molecular weight excluding hydrogens is 325 g/mol. The van der Waals surface area contributed by atoms with E-state index in [1.54, 1.807) is 12.1 Å². The highest BCUT2D eigenvalue weighted by Crippen LogP contribution is 2.30. The van der Waals surface area contributed by atoms with E-state index < -0.39 is 11.7 Å². The molecule has 0 aliphatic carbocycles. The van der Waals surface area contributed by atoms with Crippen LogP contribution in [0.1, 0.15) is 16.2 Å². The third-order valence-corrected chi connectivity index (χ3v) is 4.08. The minimum absolute atomic E-state index is 0.130.